The van der Waals surface area contributed by atoms with E-state index in [-0.39, 0.29) is 12.0 Å². The standard InChI is InChI=1S/C46H32N4/c1-4-14-32(15-5-1)43-44(33-16-6-2-7-17-33)49(36-18-8-3-9-19-36)45(48-43)34-26-24-31(25-27-34)35-28-29-37-38-20-10-12-22-41(38)50-42-23-13-11-21-40(42)47-46(50)39(37)30-35/h1-30,38,41H. The summed E-state index contributed by atoms with van der Waals surface area (Å²) in [5, 5.41) is 0. The quantitative estimate of drug-likeness (QED) is 0.188. The number of nitrogens with zero attached hydrogens (tertiary/aromatic N) is 4. The van der Waals surface area contributed by atoms with E-state index in [1.807, 2.05) is 0 Å². The lowest BCUT2D eigenvalue weighted by atomic mass is 9.81. The van der Waals surface area contributed by atoms with Crippen molar-refractivity contribution in [2.75, 3.05) is 0 Å². The molecule has 4 nitrogen and oxygen atoms in total. The van der Waals surface area contributed by atoms with Gasteiger partial charge in [0, 0.05) is 33.9 Å². The van der Waals surface area contributed by atoms with E-state index < -0.39 is 0 Å². The van der Waals surface area contributed by atoms with Gasteiger partial charge in [0.25, 0.3) is 0 Å². The summed E-state index contributed by atoms with van der Waals surface area (Å²) < 4.78 is 4.73. The monoisotopic (exact) mass is 640 g/mol. The molecule has 2 atom stereocenters. The van der Waals surface area contributed by atoms with Gasteiger partial charge in [-0.25, -0.2) is 9.97 Å². The zero-order valence-corrected chi connectivity index (χ0v) is 27.3. The van der Waals surface area contributed by atoms with E-state index in [4.69, 9.17) is 9.97 Å². The van der Waals surface area contributed by atoms with Crippen LogP contribution in [0.25, 0.3) is 73.1 Å². The Kier molecular flexibility index (Phi) is 6.59. The molecule has 8 aromatic rings. The van der Waals surface area contributed by atoms with Gasteiger partial charge in [0.1, 0.15) is 11.6 Å². The lowest BCUT2D eigenvalue weighted by Crippen LogP contribution is -2.22. The predicted octanol–water partition coefficient (Wildman–Crippen LogP) is 11.3. The zero-order chi connectivity index (χ0) is 33.0. The van der Waals surface area contributed by atoms with Gasteiger partial charge in [-0.15, -0.1) is 0 Å². The zero-order valence-electron chi connectivity index (χ0n) is 27.3. The van der Waals surface area contributed by atoms with E-state index >= 15 is 0 Å². The van der Waals surface area contributed by atoms with Gasteiger partial charge in [0.15, 0.2) is 0 Å². The minimum absolute atomic E-state index is 0.218. The number of aromatic nitrogens is 4. The van der Waals surface area contributed by atoms with Crippen molar-refractivity contribution >= 4 is 11.0 Å². The van der Waals surface area contributed by atoms with Crippen LogP contribution < -0.4 is 0 Å². The molecule has 0 fully saturated rings. The van der Waals surface area contributed by atoms with E-state index in [0.29, 0.717) is 0 Å². The van der Waals surface area contributed by atoms with Crippen LogP contribution in [0.1, 0.15) is 17.5 Å². The van der Waals surface area contributed by atoms with Gasteiger partial charge in [-0.1, -0.05) is 152 Å². The van der Waals surface area contributed by atoms with Gasteiger partial charge >= 0.3 is 0 Å². The average molecular weight is 641 g/mol. The number of para-hydroxylation sites is 3. The van der Waals surface area contributed by atoms with Crippen molar-refractivity contribution in [3.05, 3.63) is 188 Å². The first-order valence-corrected chi connectivity index (χ1v) is 17.2. The summed E-state index contributed by atoms with van der Waals surface area (Å²) >= 11 is 0. The summed E-state index contributed by atoms with van der Waals surface area (Å²) in [4.78, 5) is 10.6. The van der Waals surface area contributed by atoms with Crippen molar-refractivity contribution in [2.45, 2.75) is 12.0 Å². The molecule has 0 saturated heterocycles. The largest absolute Gasteiger partial charge is 0.316 e. The number of rotatable bonds is 5. The van der Waals surface area contributed by atoms with Crippen LogP contribution in [0.4, 0.5) is 0 Å². The Morgan fingerprint density at radius 1 is 0.480 bits per heavy atom. The molecular weight excluding hydrogens is 609 g/mol. The van der Waals surface area contributed by atoms with E-state index in [2.05, 4.69) is 191 Å². The van der Waals surface area contributed by atoms with Crippen molar-refractivity contribution in [1.29, 1.82) is 0 Å². The molecule has 2 unspecified atom stereocenters. The molecule has 1 aliphatic heterocycles. The third kappa shape index (κ3) is 4.53. The third-order valence-electron chi connectivity index (χ3n) is 10.1. The minimum atomic E-state index is 0.218. The Morgan fingerprint density at radius 3 is 1.90 bits per heavy atom. The normalized spacial score (nSPS) is 15.8. The van der Waals surface area contributed by atoms with E-state index in [1.165, 1.54) is 22.2 Å². The van der Waals surface area contributed by atoms with Crippen LogP contribution in [0.5, 0.6) is 0 Å². The van der Waals surface area contributed by atoms with Crippen LogP contribution in [0, 0.1) is 0 Å². The lowest BCUT2D eigenvalue weighted by Gasteiger charge is -2.34. The van der Waals surface area contributed by atoms with Crippen molar-refractivity contribution < 1.29 is 0 Å². The summed E-state index contributed by atoms with van der Waals surface area (Å²) in [5.41, 5.74) is 13.4. The van der Waals surface area contributed by atoms with Crippen molar-refractivity contribution in [1.82, 2.24) is 19.1 Å². The number of imidazole rings is 2. The lowest BCUT2D eigenvalue weighted by molar-refractivity contribution is 0.548. The van der Waals surface area contributed by atoms with Gasteiger partial charge in [0.2, 0.25) is 0 Å². The molecule has 0 saturated carbocycles. The highest BCUT2D eigenvalue weighted by molar-refractivity contribution is 5.86. The molecule has 0 N–H and O–H groups in total. The molecule has 4 heteroatoms. The fourth-order valence-corrected chi connectivity index (χ4v) is 7.80. The molecule has 0 spiro atoms. The van der Waals surface area contributed by atoms with Gasteiger partial charge in [-0.2, -0.15) is 0 Å². The molecule has 236 valence electrons. The van der Waals surface area contributed by atoms with E-state index in [0.717, 1.165) is 56.5 Å². The van der Waals surface area contributed by atoms with E-state index in [1.54, 1.807) is 0 Å². The summed E-state index contributed by atoms with van der Waals surface area (Å²) in [6.07, 6.45) is 8.98. The molecule has 0 radical (unpaired) electrons. The number of hydrogen-bond donors (Lipinski definition) is 0. The van der Waals surface area contributed by atoms with Crippen LogP contribution in [-0.4, -0.2) is 19.1 Å². The number of allylic oxidation sites excluding steroid dienone is 4. The summed E-state index contributed by atoms with van der Waals surface area (Å²) in [7, 11) is 0. The summed E-state index contributed by atoms with van der Waals surface area (Å²) in [6.45, 7) is 0. The first-order chi connectivity index (χ1) is 24.8. The van der Waals surface area contributed by atoms with Gasteiger partial charge < -0.3 is 4.57 Å². The Bertz CT molecular complexity index is 2570. The predicted molar refractivity (Wildman–Crippen MR) is 204 cm³/mol. The average Bonchev–Trinajstić information content (AvgIpc) is 3.79. The van der Waals surface area contributed by atoms with Crippen molar-refractivity contribution in [3.63, 3.8) is 0 Å². The molecule has 1 aliphatic carbocycles. The maximum atomic E-state index is 5.39. The van der Waals surface area contributed by atoms with Crippen LogP contribution >= 0.6 is 0 Å². The Balaban J connectivity index is 1.11. The van der Waals surface area contributed by atoms with Gasteiger partial charge in [-0.3, -0.25) is 4.57 Å². The number of fused-ring (bicyclic) bond motifs is 8. The van der Waals surface area contributed by atoms with Crippen LogP contribution in [0.3, 0.4) is 0 Å². The topological polar surface area (TPSA) is 35.6 Å². The molecule has 0 bridgehead atoms. The Hall–Kier alpha value is -6.52. The maximum absolute atomic E-state index is 5.39. The smallest absolute Gasteiger partial charge is 0.145 e. The van der Waals surface area contributed by atoms with Gasteiger partial charge in [0.05, 0.1) is 28.5 Å². The third-order valence-corrected chi connectivity index (χ3v) is 10.1. The highest BCUT2D eigenvalue weighted by Crippen LogP contribution is 2.48. The number of benzene rings is 6. The Labute approximate surface area is 291 Å². The minimum Gasteiger partial charge on any atom is -0.316 e. The maximum Gasteiger partial charge on any atom is 0.145 e. The first-order valence-electron chi connectivity index (χ1n) is 17.2. The fourth-order valence-electron chi connectivity index (χ4n) is 7.80. The van der Waals surface area contributed by atoms with Crippen LogP contribution in [-0.2, 0) is 0 Å². The SMILES string of the molecule is C1=CC2c3ccc(-c4ccc(-c5nc(-c6ccccc6)c(-c6ccccc6)n5-c5ccccc5)cc4)cc3-c3nc4ccccc4n3C2C=C1. The molecular formula is C46H32N4. The molecule has 10 rings (SSSR count). The van der Waals surface area contributed by atoms with Crippen LogP contribution in [0.2, 0.25) is 0 Å². The van der Waals surface area contributed by atoms with Crippen LogP contribution in [0.15, 0.2) is 182 Å². The summed E-state index contributed by atoms with van der Waals surface area (Å²) in [6, 6.07) is 56.1. The fraction of sp³-hybridized carbons (Fsp3) is 0.0435. The van der Waals surface area contributed by atoms with E-state index in [9.17, 15) is 0 Å². The molecule has 2 aromatic heterocycles. The molecule has 0 amide bonds. The Morgan fingerprint density at radius 2 is 1.12 bits per heavy atom. The first kappa shape index (κ1) is 28.5. The second kappa shape index (κ2) is 11.6. The molecule has 3 heterocycles. The number of hydrogen-bond acceptors (Lipinski definition) is 2. The van der Waals surface area contributed by atoms with Gasteiger partial charge in [-0.05, 0) is 47.0 Å². The second-order valence-electron chi connectivity index (χ2n) is 13.0. The second-order valence-corrected chi connectivity index (χ2v) is 13.0. The highest BCUT2D eigenvalue weighted by Gasteiger charge is 2.34. The van der Waals surface area contributed by atoms with Crippen molar-refractivity contribution in [2.24, 2.45) is 0 Å². The molecule has 50 heavy (non-hydrogen) atoms. The summed E-state index contributed by atoms with van der Waals surface area (Å²) in [5.74, 6) is 2.21. The molecule has 2 aliphatic rings. The highest BCUT2D eigenvalue weighted by atomic mass is 15.1. The van der Waals surface area contributed by atoms with Crippen molar-refractivity contribution in [3.8, 4) is 62.1 Å². The molecule has 6 aromatic carbocycles.